The average Bonchev–Trinajstić information content (AvgIpc) is 2.45. The van der Waals surface area contributed by atoms with E-state index in [9.17, 15) is 9.59 Å². The summed E-state index contributed by atoms with van der Waals surface area (Å²) >= 11 is 0. The van der Waals surface area contributed by atoms with Gasteiger partial charge in [-0.1, -0.05) is 36.4 Å². The standard InChI is InChI=1S/C17H17NO2/c1-13(20)18-17-9-7-15(8-10-17)16-6-2-4-14(12-16)5-3-11-19/h2,4,6-12H,3,5H2,1H3,(H,18,20). The highest BCUT2D eigenvalue weighted by Crippen LogP contribution is 2.22. The fourth-order valence-corrected chi connectivity index (χ4v) is 2.08. The van der Waals surface area contributed by atoms with Crippen LogP contribution in [0.5, 0.6) is 0 Å². The highest BCUT2D eigenvalue weighted by Gasteiger charge is 2.01. The SMILES string of the molecule is CC(=O)Nc1ccc(-c2cccc(CCC=O)c2)cc1. The summed E-state index contributed by atoms with van der Waals surface area (Å²) in [5.74, 6) is -0.0754. The van der Waals surface area contributed by atoms with E-state index >= 15 is 0 Å². The Balaban J connectivity index is 2.18. The second-order valence-corrected chi connectivity index (χ2v) is 4.66. The molecule has 3 heteroatoms. The van der Waals surface area contributed by atoms with Gasteiger partial charge in [0, 0.05) is 19.0 Å². The fraction of sp³-hybridized carbons (Fsp3) is 0.176. The zero-order valence-electron chi connectivity index (χ0n) is 11.4. The van der Waals surface area contributed by atoms with Crippen LogP contribution in [0.4, 0.5) is 5.69 Å². The van der Waals surface area contributed by atoms with Gasteiger partial charge in [0.15, 0.2) is 0 Å². The predicted molar refractivity (Wildman–Crippen MR) is 80.6 cm³/mol. The van der Waals surface area contributed by atoms with Gasteiger partial charge in [-0.2, -0.15) is 0 Å². The van der Waals surface area contributed by atoms with Gasteiger partial charge in [0.1, 0.15) is 6.29 Å². The molecule has 0 aliphatic rings. The molecule has 0 spiro atoms. The van der Waals surface area contributed by atoms with Crippen LogP contribution in [0.25, 0.3) is 11.1 Å². The summed E-state index contributed by atoms with van der Waals surface area (Å²) < 4.78 is 0. The van der Waals surface area contributed by atoms with E-state index in [1.807, 2.05) is 42.5 Å². The van der Waals surface area contributed by atoms with Crippen molar-refractivity contribution in [2.75, 3.05) is 5.32 Å². The number of carbonyl (C=O) groups excluding carboxylic acids is 2. The highest BCUT2D eigenvalue weighted by atomic mass is 16.1. The van der Waals surface area contributed by atoms with Crippen LogP contribution in [0.3, 0.4) is 0 Å². The zero-order valence-corrected chi connectivity index (χ0v) is 11.4. The summed E-state index contributed by atoms with van der Waals surface area (Å²) in [7, 11) is 0. The van der Waals surface area contributed by atoms with E-state index in [1.165, 1.54) is 6.92 Å². The van der Waals surface area contributed by atoms with Gasteiger partial charge in [-0.3, -0.25) is 4.79 Å². The van der Waals surface area contributed by atoms with Crippen molar-refractivity contribution < 1.29 is 9.59 Å². The van der Waals surface area contributed by atoms with Gasteiger partial charge in [-0.05, 0) is 35.2 Å². The molecule has 2 aromatic carbocycles. The van der Waals surface area contributed by atoms with Gasteiger partial charge in [0.2, 0.25) is 5.91 Å². The summed E-state index contributed by atoms with van der Waals surface area (Å²) in [5, 5.41) is 2.74. The Labute approximate surface area is 118 Å². The quantitative estimate of drug-likeness (QED) is 0.843. The number of rotatable bonds is 5. The monoisotopic (exact) mass is 267 g/mol. The summed E-state index contributed by atoms with van der Waals surface area (Å²) in [4.78, 5) is 21.4. The maximum atomic E-state index is 11.0. The second kappa shape index (κ2) is 6.66. The molecule has 0 fully saturated rings. The number of nitrogens with one attached hydrogen (secondary N) is 1. The van der Waals surface area contributed by atoms with Crippen LogP contribution in [0.2, 0.25) is 0 Å². The molecule has 0 saturated heterocycles. The molecule has 1 amide bonds. The van der Waals surface area contributed by atoms with E-state index in [4.69, 9.17) is 0 Å². The predicted octanol–water partition coefficient (Wildman–Crippen LogP) is 3.44. The van der Waals surface area contributed by atoms with Gasteiger partial charge >= 0.3 is 0 Å². The number of anilines is 1. The van der Waals surface area contributed by atoms with Crippen molar-refractivity contribution in [1.82, 2.24) is 0 Å². The van der Waals surface area contributed by atoms with Gasteiger partial charge in [-0.25, -0.2) is 0 Å². The molecule has 0 radical (unpaired) electrons. The second-order valence-electron chi connectivity index (χ2n) is 4.66. The number of amides is 1. The summed E-state index contributed by atoms with van der Waals surface area (Å²) in [5.41, 5.74) is 4.15. The molecule has 2 rings (SSSR count). The van der Waals surface area contributed by atoms with Crippen LogP contribution in [-0.4, -0.2) is 12.2 Å². The molecular weight excluding hydrogens is 250 g/mol. The first-order valence-corrected chi connectivity index (χ1v) is 6.59. The van der Waals surface area contributed by atoms with Crippen LogP contribution in [0, 0.1) is 0 Å². The van der Waals surface area contributed by atoms with Crippen molar-refractivity contribution in [2.24, 2.45) is 0 Å². The first-order chi connectivity index (χ1) is 9.69. The van der Waals surface area contributed by atoms with Crippen molar-refractivity contribution >= 4 is 17.9 Å². The van der Waals surface area contributed by atoms with Crippen LogP contribution in [0.15, 0.2) is 48.5 Å². The Hall–Kier alpha value is -2.42. The zero-order chi connectivity index (χ0) is 14.4. The van der Waals surface area contributed by atoms with E-state index in [0.29, 0.717) is 6.42 Å². The van der Waals surface area contributed by atoms with E-state index in [2.05, 4.69) is 11.4 Å². The minimum atomic E-state index is -0.0754. The topological polar surface area (TPSA) is 46.2 Å². The fourth-order valence-electron chi connectivity index (χ4n) is 2.08. The number of aldehydes is 1. The van der Waals surface area contributed by atoms with E-state index in [0.717, 1.165) is 35.1 Å². The maximum Gasteiger partial charge on any atom is 0.221 e. The molecule has 102 valence electrons. The Morgan fingerprint density at radius 1 is 1.10 bits per heavy atom. The number of aryl methyl sites for hydroxylation is 1. The van der Waals surface area contributed by atoms with Crippen LogP contribution in [0.1, 0.15) is 18.9 Å². The van der Waals surface area contributed by atoms with Crippen molar-refractivity contribution in [3.05, 3.63) is 54.1 Å². The molecule has 1 N–H and O–H groups in total. The lowest BCUT2D eigenvalue weighted by Crippen LogP contribution is -2.05. The first-order valence-electron chi connectivity index (χ1n) is 6.59. The number of hydrogen-bond acceptors (Lipinski definition) is 2. The maximum absolute atomic E-state index is 11.0. The molecule has 0 unspecified atom stereocenters. The first kappa shape index (κ1) is 14.0. The van der Waals surface area contributed by atoms with Gasteiger partial charge in [0.25, 0.3) is 0 Å². The lowest BCUT2D eigenvalue weighted by atomic mass is 10.0. The van der Waals surface area contributed by atoms with Crippen LogP contribution >= 0.6 is 0 Å². The van der Waals surface area contributed by atoms with Crippen LogP contribution < -0.4 is 5.32 Å². The van der Waals surface area contributed by atoms with Gasteiger partial charge in [0.05, 0.1) is 0 Å². The molecule has 2 aromatic rings. The Kier molecular flexibility index (Phi) is 4.66. The molecular formula is C17H17NO2. The summed E-state index contributed by atoms with van der Waals surface area (Å²) in [6.07, 6.45) is 2.25. The van der Waals surface area contributed by atoms with Crippen molar-refractivity contribution in [1.29, 1.82) is 0 Å². The van der Waals surface area contributed by atoms with E-state index in [-0.39, 0.29) is 5.91 Å². The normalized spacial score (nSPS) is 10.1. The molecule has 20 heavy (non-hydrogen) atoms. The lowest BCUT2D eigenvalue weighted by molar-refractivity contribution is -0.114. The van der Waals surface area contributed by atoms with E-state index in [1.54, 1.807) is 0 Å². The smallest absolute Gasteiger partial charge is 0.221 e. The molecule has 0 aromatic heterocycles. The number of carbonyl (C=O) groups is 2. The van der Waals surface area contributed by atoms with Crippen LogP contribution in [-0.2, 0) is 16.0 Å². The average molecular weight is 267 g/mol. The largest absolute Gasteiger partial charge is 0.326 e. The van der Waals surface area contributed by atoms with Crippen molar-refractivity contribution in [3.8, 4) is 11.1 Å². The third-order valence-electron chi connectivity index (χ3n) is 3.02. The molecule has 0 bridgehead atoms. The van der Waals surface area contributed by atoms with Gasteiger partial charge < -0.3 is 10.1 Å². The molecule has 3 nitrogen and oxygen atoms in total. The highest BCUT2D eigenvalue weighted by molar-refractivity contribution is 5.89. The van der Waals surface area contributed by atoms with Gasteiger partial charge in [-0.15, -0.1) is 0 Å². The van der Waals surface area contributed by atoms with Crippen molar-refractivity contribution in [3.63, 3.8) is 0 Å². The van der Waals surface area contributed by atoms with E-state index < -0.39 is 0 Å². The minimum absolute atomic E-state index is 0.0754. The molecule has 0 aliphatic heterocycles. The molecule has 0 saturated carbocycles. The summed E-state index contributed by atoms with van der Waals surface area (Å²) in [6, 6.07) is 15.9. The number of hydrogen-bond donors (Lipinski definition) is 1. The Morgan fingerprint density at radius 2 is 1.85 bits per heavy atom. The molecule has 0 atom stereocenters. The molecule has 0 aliphatic carbocycles. The van der Waals surface area contributed by atoms with Crippen molar-refractivity contribution in [2.45, 2.75) is 19.8 Å². The third-order valence-corrected chi connectivity index (χ3v) is 3.02. The Bertz CT molecular complexity index is 603. The lowest BCUT2D eigenvalue weighted by Gasteiger charge is -2.06. The number of benzene rings is 2. The minimum Gasteiger partial charge on any atom is -0.326 e. The Morgan fingerprint density at radius 3 is 2.50 bits per heavy atom. The third kappa shape index (κ3) is 3.79. The summed E-state index contributed by atoms with van der Waals surface area (Å²) in [6.45, 7) is 1.49. The molecule has 0 heterocycles.